The van der Waals surface area contributed by atoms with E-state index < -0.39 is 4.92 Å². The number of halogens is 2. The molecule has 0 saturated heterocycles. The number of nitrogens with one attached hydrogen (secondary N) is 1. The molecule has 0 atom stereocenters. The normalized spacial score (nSPS) is 10.3. The van der Waals surface area contributed by atoms with E-state index in [2.05, 4.69) is 5.32 Å². The van der Waals surface area contributed by atoms with Gasteiger partial charge in [-0.15, -0.1) is 0 Å². The first-order valence-electron chi connectivity index (χ1n) is 5.90. The molecule has 0 spiro atoms. The molecule has 2 rings (SSSR count). The average molecular weight is 311 g/mol. The average Bonchev–Trinajstić information content (AvgIpc) is 2.41. The van der Waals surface area contributed by atoms with Crippen molar-refractivity contribution in [3.05, 3.63) is 67.7 Å². The molecule has 0 amide bonds. The molecule has 2 aromatic rings. The molecule has 0 aliphatic rings. The van der Waals surface area contributed by atoms with Gasteiger partial charge in [0.05, 0.1) is 4.92 Å². The minimum atomic E-state index is -0.490. The summed E-state index contributed by atoms with van der Waals surface area (Å²) in [6, 6.07) is 10.3. The summed E-state index contributed by atoms with van der Waals surface area (Å²) in [5, 5.41) is 14.8. The van der Waals surface area contributed by atoms with Crippen molar-refractivity contribution < 1.29 is 4.92 Å². The number of nitro benzene ring substituents is 1. The van der Waals surface area contributed by atoms with Crippen molar-refractivity contribution in [1.29, 1.82) is 0 Å². The summed E-state index contributed by atoms with van der Waals surface area (Å²) >= 11 is 11.7. The zero-order valence-electron chi connectivity index (χ0n) is 10.7. The molecule has 0 saturated carbocycles. The summed E-state index contributed by atoms with van der Waals surface area (Å²) in [5.74, 6) is 0. The number of benzene rings is 2. The molecular formula is C14H12Cl2N2O2. The molecule has 0 aliphatic heterocycles. The van der Waals surface area contributed by atoms with Crippen LogP contribution in [0.5, 0.6) is 0 Å². The Balaban J connectivity index is 2.17. The van der Waals surface area contributed by atoms with Crippen molar-refractivity contribution in [3.8, 4) is 0 Å². The highest BCUT2D eigenvalue weighted by molar-refractivity contribution is 6.32. The Morgan fingerprint density at radius 2 is 1.95 bits per heavy atom. The highest BCUT2D eigenvalue weighted by Gasteiger charge is 2.12. The molecule has 0 bridgehead atoms. The fraction of sp³-hybridized carbons (Fsp3) is 0.143. The summed E-state index contributed by atoms with van der Waals surface area (Å²) in [7, 11) is 0. The second-order valence-electron chi connectivity index (χ2n) is 4.36. The smallest absolute Gasteiger partial charge is 0.288 e. The first-order valence-corrected chi connectivity index (χ1v) is 6.66. The van der Waals surface area contributed by atoms with E-state index in [0.717, 1.165) is 16.8 Å². The van der Waals surface area contributed by atoms with Crippen LogP contribution in [-0.2, 0) is 6.54 Å². The number of rotatable bonds is 4. The van der Waals surface area contributed by atoms with Gasteiger partial charge in [-0.3, -0.25) is 10.1 Å². The molecule has 0 unspecified atom stereocenters. The van der Waals surface area contributed by atoms with Crippen molar-refractivity contribution in [3.63, 3.8) is 0 Å². The van der Waals surface area contributed by atoms with Crippen molar-refractivity contribution in [1.82, 2.24) is 0 Å². The Bertz CT molecular complexity index is 660. The predicted octanol–water partition coefficient (Wildman–Crippen LogP) is 4.82. The van der Waals surface area contributed by atoms with Crippen molar-refractivity contribution in [2.24, 2.45) is 0 Å². The molecule has 6 heteroatoms. The third-order valence-electron chi connectivity index (χ3n) is 2.89. The third kappa shape index (κ3) is 3.40. The van der Waals surface area contributed by atoms with Crippen LogP contribution >= 0.6 is 23.2 Å². The largest absolute Gasteiger partial charge is 0.381 e. The van der Waals surface area contributed by atoms with E-state index in [-0.39, 0.29) is 10.7 Å². The van der Waals surface area contributed by atoms with Crippen molar-refractivity contribution >= 4 is 34.6 Å². The van der Waals surface area contributed by atoms with Gasteiger partial charge in [-0.05, 0) is 36.2 Å². The van der Waals surface area contributed by atoms with E-state index in [1.54, 1.807) is 6.07 Å². The molecule has 2 aromatic carbocycles. The Hall–Kier alpha value is -1.78. The molecule has 0 fully saturated rings. The lowest BCUT2D eigenvalue weighted by molar-refractivity contribution is -0.384. The first kappa shape index (κ1) is 14.6. The number of hydrogen-bond acceptors (Lipinski definition) is 3. The van der Waals surface area contributed by atoms with Crippen LogP contribution in [-0.4, -0.2) is 4.92 Å². The van der Waals surface area contributed by atoms with Gasteiger partial charge in [-0.2, -0.15) is 0 Å². The second-order valence-corrected chi connectivity index (χ2v) is 5.20. The van der Waals surface area contributed by atoms with Gasteiger partial charge in [-0.1, -0.05) is 35.3 Å². The number of nitrogens with zero attached hydrogens (tertiary/aromatic N) is 1. The fourth-order valence-corrected chi connectivity index (χ4v) is 2.15. The second kappa shape index (κ2) is 6.11. The van der Waals surface area contributed by atoms with Gasteiger partial charge in [0.25, 0.3) is 5.69 Å². The van der Waals surface area contributed by atoms with Crippen molar-refractivity contribution in [2.75, 3.05) is 5.32 Å². The van der Waals surface area contributed by atoms with E-state index in [0.29, 0.717) is 11.6 Å². The minimum Gasteiger partial charge on any atom is -0.381 e. The van der Waals surface area contributed by atoms with Crippen molar-refractivity contribution in [2.45, 2.75) is 13.5 Å². The molecule has 104 valence electrons. The van der Waals surface area contributed by atoms with Gasteiger partial charge >= 0.3 is 0 Å². The Kier molecular flexibility index (Phi) is 4.47. The topological polar surface area (TPSA) is 55.2 Å². The van der Waals surface area contributed by atoms with Crippen LogP contribution in [0.25, 0.3) is 0 Å². The summed E-state index contributed by atoms with van der Waals surface area (Å²) in [6.07, 6.45) is 0. The number of aryl methyl sites for hydroxylation is 1. The SMILES string of the molecule is Cc1ccc(Cl)cc1NCc1ccc(Cl)c([N+](=O)[O-])c1. The molecule has 0 heterocycles. The maximum atomic E-state index is 10.8. The highest BCUT2D eigenvalue weighted by Crippen LogP contribution is 2.26. The molecule has 0 aliphatic carbocycles. The highest BCUT2D eigenvalue weighted by atomic mass is 35.5. The van der Waals surface area contributed by atoms with E-state index in [1.807, 2.05) is 25.1 Å². The lowest BCUT2D eigenvalue weighted by atomic mass is 10.1. The van der Waals surface area contributed by atoms with Gasteiger partial charge in [0.1, 0.15) is 5.02 Å². The van der Waals surface area contributed by atoms with Crippen LogP contribution in [0.2, 0.25) is 10.0 Å². The van der Waals surface area contributed by atoms with Crippen LogP contribution in [0.4, 0.5) is 11.4 Å². The van der Waals surface area contributed by atoms with Gasteiger partial charge in [-0.25, -0.2) is 0 Å². The van der Waals surface area contributed by atoms with Gasteiger partial charge in [0, 0.05) is 23.3 Å². The maximum Gasteiger partial charge on any atom is 0.288 e. The Morgan fingerprint density at radius 1 is 1.20 bits per heavy atom. The van der Waals surface area contributed by atoms with Gasteiger partial charge in [0.15, 0.2) is 0 Å². The Morgan fingerprint density at radius 3 is 2.65 bits per heavy atom. The zero-order chi connectivity index (χ0) is 14.7. The number of hydrogen-bond donors (Lipinski definition) is 1. The third-order valence-corrected chi connectivity index (χ3v) is 3.44. The molecule has 0 radical (unpaired) electrons. The predicted molar refractivity (Wildman–Crippen MR) is 81.6 cm³/mol. The van der Waals surface area contributed by atoms with Crippen LogP contribution in [0.1, 0.15) is 11.1 Å². The first-order chi connectivity index (χ1) is 9.47. The lowest BCUT2D eigenvalue weighted by Crippen LogP contribution is -2.02. The van der Waals surface area contributed by atoms with Crippen LogP contribution in [0, 0.1) is 17.0 Å². The maximum absolute atomic E-state index is 10.8. The summed E-state index contributed by atoms with van der Waals surface area (Å²) in [5.41, 5.74) is 2.64. The van der Waals surface area contributed by atoms with E-state index >= 15 is 0 Å². The number of anilines is 1. The van der Waals surface area contributed by atoms with E-state index in [4.69, 9.17) is 23.2 Å². The van der Waals surface area contributed by atoms with Crippen LogP contribution in [0.15, 0.2) is 36.4 Å². The molecule has 4 nitrogen and oxygen atoms in total. The van der Waals surface area contributed by atoms with E-state index in [9.17, 15) is 10.1 Å². The monoisotopic (exact) mass is 310 g/mol. The molecule has 1 N–H and O–H groups in total. The van der Waals surface area contributed by atoms with Gasteiger partial charge < -0.3 is 5.32 Å². The quantitative estimate of drug-likeness (QED) is 0.650. The Labute approximate surface area is 126 Å². The lowest BCUT2D eigenvalue weighted by Gasteiger charge is -2.10. The number of nitro groups is 1. The van der Waals surface area contributed by atoms with Crippen LogP contribution < -0.4 is 5.32 Å². The minimum absolute atomic E-state index is 0.0891. The standard InChI is InChI=1S/C14H12Cl2N2O2/c1-9-2-4-11(15)7-13(9)17-8-10-3-5-12(16)14(6-10)18(19)20/h2-7,17H,8H2,1H3. The molecule has 0 aromatic heterocycles. The van der Waals surface area contributed by atoms with Gasteiger partial charge in [0.2, 0.25) is 0 Å². The molecular weight excluding hydrogens is 299 g/mol. The molecule has 20 heavy (non-hydrogen) atoms. The van der Waals surface area contributed by atoms with E-state index in [1.165, 1.54) is 12.1 Å². The zero-order valence-corrected chi connectivity index (χ0v) is 12.2. The summed E-state index contributed by atoms with van der Waals surface area (Å²) in [4.78, 5) is 10.3. The summed E-state index contributed by atoms with van der Waals surface area (Å²) < 4.78 is 0. The van der Waals surface area contributed by atoms with Crippen LogP contribution in [0.3, 0.4) is 0 Å². The fourth-order valence-electron chi connectivity index (χ4n) is 1.79. The summed E-state index contributed by atoms with van der Waals surface area (Å²) in [6.45, 7) is 2.42.